The van der Waals surface area contributed by atoms with Crippen LogP contribution in [-0.2, 0) is 6.54 Å². The highest BCUT2D eigenvalue weighted by Gasteiger charge is 1.95. The smallest absolute Gasteiger partial charge is 0.119 e. The lowest BCUT2D eigenvalue weighted by Gasteiger charge is -2.06. The Morgan fingerprint density at radius 2 is 2.06 bits per heavy atom. The van der Waals surface area contributed by atoms with Gasteiger partial charge >= 0.3 is 0 Å². The Morgan fingerprint density at radius 1 is 1.38 bits per heavy atom. The molecule has 0 amide bonds. The van der Waals surface area contributed by atoms with Crippen LogP contribution >= 0.6 is 11.6 Å². The van der Waals surface area contributed by atoms with Crippen molar-refractivity contribution in [2.24, 2.45) is 0 Å². The van der Waals surface area contributed by atoms with E-state index < -0.39 is 0 Å². The van der Waals surface area contributed by atoms with Crippen LogP contribution in [0.2, 0.25) is 0 Å². The molecule has 0 heterocycles. The molecule has 0 radical (unpaired) electrons. The van der Waals surface area contributed by atoms with Gasteiger partial charge in [-0.1, -0.05) is 43.0 Å². The monoisotopic (exact) mass is 237 g/mol. The first kappa shape index (κ1) is 12.8. The SMILES string of the molecule is C=CCOc1ccc(CNCC(=C)Cl)cc1. The minimum atomic E-state index is 0.531. The molecule has 0 bridgehead atoms. The van der Waals surface area contributed by atoms with Crippen molar-refractivity contribution in [3.63, 3.8) is 0 Å². The van der Waals surface area contributed by atoms with Gasteiger partial charge in [0.2, 0.25) is 0 Å². The average Bonchev–Trinajstić information content (AvgIpc) is 2.27. The van der Waals surface area contributed by atoms with Crippen LogP contribution in [0.3, 0.4) is 0 Å². The third-order valence-electron chi connectivity index (χ3n) is 1.94. The van der Waals surface area contributed by atoms with E-state index in [2.05, 4.69) is 18.5 Å². The molecular weight excluding hydrogens is 222 g/mol. The zero-order chi connectivity index (χ0) is 11.8. The van der Waals surface area contributed by atoms with Gasteiger partial charge in [0.05, 0.1) is 0 Å². The van der Waals surface area contributed by atoms with Gasteiger partial charge in [0.1, 0.15) is 12.4 Å². The van der Waals surface area contributed by atoms with E-state index in [1.54, 1.807) is 6.08 Å². The zero-order valence-electron chi connectivity index (χ0n) is 9.21. The molecule has 0 aliphatic rings. The molecule has 0 aromatic heterocycles. The summed E-state index contributed by atoms with van der Waals surface area (Å²) in [6, 6.07) is 7.91. The quantitative estimate of drug-likeness (QED) is 0.736. The summed E-state index contributed by atoms with van der Waals surface area (Å²) in [5.74, 6) is 0.852. The van der Waals surface area contributed by atoms with E-state index in [1.165, 1.54) is 5.56 Å². The molecule has 0 aliphatic heterocycles. The fraction of sp³-hybridized carbons (Fsp3) is 0.231. The fourth-order valence-electron chi connectivity index (χ4n) is 1.20. The zero-order valence-corrected chi connectivity index (χ0v) is 9.96. The van der Waals surface area contributed by atoms with Crippen molar-refractivity contribution >= 4 is 11.6 Å². The van der Waals surface area contributed by atoms with E-state index in [-0.39, 0.29) is 0 Å². The van der Waals surface area contributed by atoms with Crippen LogP contribution in [0.4, 0.5) is 0 Å². The van der Waals surface area contributed by atoms with Gasteiger partial charge in [0, 0.05) is 18.1 Å². The summed E-state index contributed by atoms with van der Waals surface area (Å²) >= 11 is 5.64. The Morgan fingerprint density at radius 3 is 2.62 bits per heavy atom. The Balaban J connectivity index is 2.38. The molecular formula is C13H16ClNO. The maximum atomic E-state index is 5.64. The molecule has 0 saturated carbocycles. The summed E-state index contributed by atoms with van der Waals surface area (Å²) in [6.45, 7) is 9.13. The summed E-state index contributed by atoms with van der Waals surface area (Å²) in [4.78, 5) is 0. The summed E-state index contributed by atoms with van der Waals surface area (Å²) in [6.07, 6.45) is 1.72. The van der Waals surface area contributed by atoms with Crippen molar-refractivity contribution in [2.45, 2.75) is 6.54 Å². The van der Waals surface area contributed by atoms with Gasteiger partial charge in [-0.05, 0) is 17.7 Å². The highest BCUT2D eigenvalue weighted by atomic mass is 35.5. The van der Waals surface area contributed by atoms with Crippen LogP contribution < -0.4 is 10.1 Å². The molecule has 0 saturated heterocycles. The van der Waals surface area contributed by atoms with Gasteiger partial charge < -0.3 is 10.1 Å². The molecule has 0 spiro atoms. The molecule has 2 nitrogen and oxygen atoms in total. The lowest BCUT2D eigenvalue weighted by Crippen LogP contribution is -2.14. The van der Waals surface area contributed by atoms with Gasteiger partial charge in [0.15, 0.2) is 0 Å². The second-order valence-electron chi connectivity index (χ2n) is 3.36. The van der Waals surface area contributed by atoms with E-state index in [0.717, 1.165) is 12.3 Å². The molecule has 1 aromatic carbocycles. The van der Waals surface area contributed by atoms with Gasteiger partial charge in [-0.3, -0.25) is 0 Å². The first-order valence-electron chi connectivity index (χ1n) is 5.09. The lowest BCUT2D eigenvalue weighted by atomic mass is 10.2. The van der Waals surface area contributed by atoms with Crippen LogP contribution in [0, 0.1) is 0 Å². The van der Waals surface area contributed by atoms with Crippen LogP contribution in [0.1, 0.15) is 5.56 Å². The van der Waals surface area contributed by atoms with E-state index in [9.17, 15) is 0 Å². The predicted molar refractivity (Wildman–Crippen MR) is 68.8 cm³/mol. The van der Waals surface area contributed by atoms with E-state index >= 15 is 0 Å². The van der Waals surface area contributed by atoms with Gasteiger partial charge in [-0.2, -0.15) is 0 Å². The number of hydrogen-bond acceptors (Lipinski definition) is 2. The lowest BCUT2D eigenvalue weighted by molar-refractivity contribution is 0.363. The molecule has 1 rings (SSSR count). The van der Waals surface area contributed by atoms with Crippen molar-refractivity contribution in [3.05, 3.63) is 54.1 Å². The number of hydrogen-bond donors (Lipinski definition) is 1. The Bertz CT molecular complexity index is 345. The summed E-state index contributed by atoms with van der Waals surface area (Å²) in [5, 5.41) is 3.79. The van der Waals surface area contributed by atoms with Gasteiger partial charge in [-0.25, -0.2) is 0 Å². The molecule has 86 valence electrons. The van der Waals surface area contributed by atoms with Crippen molar-refractivity contribution in [1.82, 2.24) is 5.32 Å². The van der Waals surface area contributed by atoms with Crippen molar-refractivity contribution in [1.29, 1.82) is 0 Å². The third-order valence-corrected chi connectivity index (χ3v) is 2.07. The second kappa shape index (κ2) is 7.09. The van der Waals surface area contributed by atoms with Crippen LogP contribution in [0.15, 0.2) is 48.5 Å². The number of nitrogens with one attached hydrogen (secondary N) is 1. The van der Waals surface area contributed by atoms with Crippen molar-refractivity contribution < 1.29 is 4.74 Å². The maximum absolute atomic E-state index is 5.64. The largest absolute Gasteiger partial charge is 0.490 e. The van der Waals surface area contributed by atoms with E-state index in [4.69, 9.17) is 16.3 Å². The minimum Gasteiger partial charge on any atom is -0.490 e. The predicted octanol–water partition coefficient (Wildman–Crippen LogP) is 3.09. The van der Waals surface area contributed by atoms with Crippen LogP contribution in [-0.4, -0.2) is 13.2 Å². The Kier molecular flexibility index (Phi) is 5.68. The molecule has 0 atom stereocenters. The maximum Gasteiger partial charge on any atom is 0.119 e. The highest BCUT2D eigenvalue weighted by Crippen LogP contribution is 2.12. The Labute approximate surface area is 102 Å². The third kappa shape index (κ3) is 5.01. The average molecular weight is 238 g/mol. The first-order valence-corrected chi connectivity index (χ1v) is 5.47. The van der Waals surface area contributed by atoms with E-state index in [1.807, 2.05) is 24.3 Å². The molecule has 0 unspecified atom stereocenters. The summed E-state index contributed by atoms with van der Waals surface area (Å²) in [5.41, 5.74) is 1.18. The highest BCUT2D eigenvalue weighted by molar-refractivity contribution is 6.29. The normalized spacial score (nSPS) is 9.81. The molecule has 0 aliphatic carbocycles. The fourth-order valence-corrected chi connectivity index (χ4v) is 1.30. The molecule has 0 fully saturated rings. The number of ether oxygens (including phenoxy) is 1. The van der Waals surface area contributed by atoms with Crippen molar-refractivity contribution in [2.75, 3.05) is 13.2 Å². The topological polar surface area (TPSA) is 21.3 Å². The number of benzene rings is 1. The molecule has 16 heavy (non-hydrogen) atoms. The molecule has 3 heteroatoms. The van der Waals surface area contributed by atoms with Crippen LogP contribution in [0.5, 0.6) is 5.75 Å². The minimum absolute atomic E-state index is 0.531. The molecule has 1 aromatic rings. The van der Waals surface area contributed by atoms with Crippen molar-refractivity contribution in [3.8, 4) is 5.75 Å². The number of rotatable bonds is 7. The Hall–Kier alpha value is -1.25. The standard InChI is InChI=1S/C13H16ClNO/c1-3-8-16-13-6-4-12(5-7-13)10-15-9-11(2)14/h3-7,15H,1-2,8-10H2. The first-order chi connectivity index (χ1) is 7.72. The summed E-state index contributed by atoms with van der Waals surface area (Å²) in [7, 11) is 0. The van der Waals surface area contributed by atoms with Gasteiger partial charge in [-0.15, -0.1) is 0 Å². The van der Waals surface area contributed by atoms with Crippen LogP contribution in [0.25, 0.3) is 0 Å². The van der Waals surface area contributed by atoms with Gasteiger partial charge in [0.25, 0.3) is 0 Å². The number of halogens is 1. The molecule has 1 N–H and O–H groups in total. The second-order valence-corrected chi connectivity index (χ2v) is 3.90. The summed E-state index contributed by atoms with van der Waals surface area (Å²) < 4.78 is 5.38. The van der Waals surface area contributed by atoms with E-state index in [0.29, 0.717) is 18.2 Å².